The van der Waals surface area contributed by atoms with Gasteiger partial charge in [0, 0.05) is 18.4 Å². The highest BCUT2D eigenvalue weighted by Crippen LogP contribution is 2.18. The van der Waals surface area contributed by atoms with Gasteiger partial charge < -0.3 is 9.88 Å². The van der Waals surface area contributed by atoms with E-state index in [1.54, 1.807) is 6.33 Å². The molecule has 19 heavy (non-hydrogen) atoms. The minimum absolute atomic E-state index is 0.00862. The second-order valence-corrected chi connectivity index (χ2v) is 5.08. The Labute approximate surface area is 113 Å². The normalized spacial score (nSPS) is 12.7. The fraction of sp³-hybridized carbons (Fsp3) is 0.538. The van der Waals surface area contributed by atoms with Crippen molar-refractivity contribution < 1.29 is 0 Å². The lowest BCUT2D eigenvalue weighted by Gasteiger charge is -2.14. The van der Waals surface area contributed by atoms with Crippen LogP contribution in [0.15, 0.2) is 12.4 Å². The summed E-state index contributed by atoms with van der Waals surface area (Å²) in [5.41, 5.74) is 2.01. The van der Waals surface area contributed by atoms with E-state index in [4.69, 9.17) is 0 Å². The first-order chi connectivity index (χ1) is 8.97. The number of nitrogens with zero attached hydrogens (tertiary/aromatic N) is 5. The molecule has 6 nitrogen and oxygen atoms in total. The predicted molar refractivity (Wildman–Crippen MR) is 73.9 cm³/mol. The van der Waals surface area contributed by atoms with Gasteiger partial charge in [0.2, 0.25) is 5.95 Å². The molecule has 0 fully saturated rings. The van der Waals surface area contributed by atoms with E-state index >= 15 is 0 Å². The van der Waals surface area contributed by atoms with Gasteiger partial charge in [-0.3, -0.25) is 0 Å². The molecule has 2 rings (SSSR count). The molecule has 0 saturated heterocycles. The monoisotopic (exact) mass is 260 g/mol. The zero-order valence-electron chi connectivity index (χ0n) is 12.0. The van der Waals surface area contributed by atoms with E-state index in [9.17, 15) is 0 Å². The minimum Gasteiger partial charge on any atom is -0.344 e. The zero-order chi connectivity index (χ0) is 14.0. The molecule has 2 aromatic heterocycles. The first-order valence-electron chi connectivity index (χ1n) is 6.43. The largest absolute Gasteiger partial charge is 0.344 e. The van der Waals surface area contributed by atoms with Gasteiger partial charge in [-0.25, -0.2) is 9.97 Å². The van der Waals surface area contributed by atoms with Gasteiger partial charge in [-0.15, -0.1) is 10.2 Å². The van der Waals surface area contributed by atoms with Gasteiger partial charge in [-0.2, -0.15) is 0 Å². The van der Waals surface area contributed by atoms with Crippen molar-refractivity contribution in [2.24, 2.45) is 7.05 Å². The fourth-order valence-corrected chi connectivity index (χ4v) is 1.90. The molecule has 0 aliphatic carbocycles. The summed E-state index contributed by atoms with van der Waals surface area (Å²) in [7, 11) is 1.92. The third-order valence-corrected chi connectivity index (χ3v) is 2.94. The highest BCUT2D eigenvalue weighted by molar-refractivity contribution is 5.31. The van der Waals surface area contributed by atoms with Crippen molar-refractivity contribution in [3.63, 3.8) is 0 Å². The number of aryl methyl sites for hydroxylation is 2. The number of nitrogens with one attached hydrogen (secondary N) is 1. The summed E-state index contributed by atoms with van der Waals surface area (Å²) in [4.78, 5) is 8.95. The van der Waals surface area contributed by atoms with Crippen LogP contribution in [-0.4, -0.2) is 24.7 Å². The molecule has 102 valence electrons. The Morgan fingerprint density at radius 2 is 1.95 bits per heavy atom. The van der Waals surface area contributed by atoms with Crippen LogP contribution in [-0.2, 0) is 7.05 Å². The van der Waals surface area contributed by atoms with Crippen LogP contribution in [0.3, 0.4) is 0 Å². The summed E-state index contributed by atoms with van der Waals surface area (Å²) in [6.07, 6.45) is 1.68. The predicted octanol–water partition coefficient (Wildman–Crippen LogP) is 2.21. The van der Waals surface area contributed by atoms with Crippen LogP contribution in [0.2, 0.25) is 0 Å². The highest BCUT2D eigenvalue weighted by atomic mass is 15.3. The molecule has 0 saturated carbocycles. The molecule has 0 bridgehead atoms. The summed E-state index contributed by atoms with van der Waals surface area (Å²) in [6, 6.07) is 2.03. The van der Waals surface area contributed by atoms with Crippen LogP contribution in [0.5, 0.6) is 0 Å². The number of hydrogen-bond acceptors (Lipinski definition) is 5. The van der Waals surface area contributed by atoms with Gasteiger partial charge in [-0.05, 0) is 25.8 Å². The van der Waals surface area contributed by atoms with Crippen molar-refractivity contribution in [3.8, 4) is 0 Å². The molecule has 6 heteroatoms. The molecule has 0 aromatic carbocycles. The molecule has 2 heterocycles. The summed E-state index contributed by atoms with van der Waals surface area (Å²) in [5.74, 6) is 1.88. The second kappa shape index (κ2) is 5.34. The Morgan fingerprint density at radius 1 is 1.21 bits per heavy atom. The first kappa shape index (κ1) is 13.5. The molecule has 0 aliphatic heterocycles. The Hall–Kier alpha value is -1.98. The quantitative estimate of drug-likeness (QED) is 0.912. The first-order valence-corrected chi connectivity index (χ1v) is 6.43. The van der Waals surface area contributed by atoms with Crippen molar-refractivity contribution in [1.82, 2.24) is 24.7 Å². The molecular formula is C13H20N6. The summed E-state index contributed by atoms with van der Waals surface area (Å²) < 4.78 is 1.89. The zero-order valence-corrected chi connectivity index (χ0v) is 12.0. The summed E-state index contributed by atoms with van der Waals surface area (Å²) >= 11 is 0. The topological polar surface area (TPSA) is 68.5 Å². The van der Waals surface area contributed by atoms with Gasteiger partial charge in [0.25, 0.3) is 0 Å². The fourth-order valence-electron chi connectivity index (χ4n) is 1.90. The van der Waals surface area contributed by atoms with Crippen LogP contribution < -0.4 is 5.32 Å². The van der Waals surface area contributed by atoms with Gasteiger partial charge in [0.15, 0.2) is 5.82 Å². The lowest BCUT2D eigenvalue weighted by atomic mass is 10.1. The highest BCUT2D eigenvalue weighted by Gasteiger charge is 2.13. The van der Waals surface area contributed by atoms with Gasteiger partial charge in [0.05, 0.1) is 6.04 Å². The molecule has 0 amide bonds. The molecular weight excluding hydrogens is 240 g/mol. The lowest BCUT2D eigenvalue weighted by Crippen LogP contribution is -2.15. The van der Waals surface area contributed by atoms with E-state index in [-0.39, 0.29) is 6.04 Å². The van der Waals surface area contributed by atoms with Crippen molar-refractivity contribution in [2.75, 3.05) is 5.32 Å². The number of anilines is 1. The summed E-state index contributed by atoms with van der Waals surface area (Å²) in [5, 5.41) is 11.2. The van der Waals surface area contributed by atoms with E-state index in [1.807, 2.05) is 31.5 Å². The van der Waals surface area contributed by atoms with Crippen LogP contribution in [0.25, 0.3) is 0 Å². The van der Waals surface area contributed by atoms with Crippen LogP contribution in [0.1, 0.15) is 49.9 Å². The van der Waals surface area contributed by atoms with E-state index in [2.05, 4.69) is 39.3 Å². The molecule has 0 aliphatic rings. The van der Waals surface area contributed by atoms with Gasteiger partial charge >= 0.3 is 0 Å². The maximum Gasteiger partial charge on any atom is 0.223 e. The van der Waals surface area contributed by atoms with E-state index < -0.39 is 0 Å². The lowest BCUT2D eigenvalue weighted by molar-refractivity contribution is 0.708. The molecule has 2 aromatic rings. The van der Waals surface area contributed by atoms with Crippen molar-refractivity contribution in [2.45, 2.75) is 39.7 Å². The van der Waals surface area contributed by atoms with Gasteiger partial charge in [-0.1, -0.05) is 13.8 Å². The van der Waals surface area contributed by atoms with E-state index in [0.717, 1.165) is 17.2 Å². The number of rotatable bonds is 4. The summed E-state index contributed by atoms with van der Waals surface area (Å²) in [6.45, 7) is 8.24. The van der Waals surface area contributed by atoms with Crippen LogP contribution in [0.4, 0.5) is 5.95 Å². The molecule has 1 atom stereocenters. The molecule has 0 radical (unpaired) electrons. The maximum atomic E-state index is 4.53. The average Bonchev–Trinajstić information content (AvgIpc) is 2.74. The SMILES string of the molecule is Cc1cc(C(C)C)nc(NC(C)c2nncn2C)n1. The standard InChI is InChI=1S/C13H20N6/c1-8(2)11-6-9(3)15-13(17-11)16-10(4)12-18-14-7-19(12)5/h6-8,10H,1-5H3,(H,15,16,17). The number of aromatic nitrogens is 5. The Balaban J connectivity index is 2.21. The second-order valence-electron chi connectivity index (χ2n) is 5.08. The third-order valence-electron chi connectivity index (χ3n) is 2.94. The van der Waals surface area contributed by atoms with E-state index in [1.165, 1.54) is 0 Å². The van der Waals surface area contributed by atoms with Gasteiger partial charge in [0.1, 0.15) is 6.33 Å². The molecule has 0 spiro atoms. The van der Waals surface area contributed by atoms with Crippen molar-refractivity contribution >= 4 is 5.95 Å². The molecule has 1 unspecified atom stereocenters. The minimum atomic E-state index is 0.00862. The maximum absolute atomic E-state index is 4.53. The average molecular weight is 260 g/mol. The van der Waals surface area contributed by atoms with Crippen molar-refractivity contribution in [1.29, 1.82) is 0 Å². The van der Waals surface area contributed by atoms with Crippen molar-refractivity contribution in [3.05, 3.63) is 29.6 Å². The van der Waals surface area contributed by atoms with Crippen LogP contribution >= 0.6 is 0 Å². The van der Waals surface area contributed by atoms with E-state index in [0.29, 0.717) is 11.9 Å². The third kappa shape index (κ3) is 3.07. The molecule has 1 N–H and O–H groups in total. The Kier molecular flexibility index (Phi) is 3.78. The van der Waals surface area contributed by atoms with Crippen LogP contribution in [0, 0.1) is 6.92 Å². The number of hydrogen-bond donors (Lipinski definition) is 1. The Bertz CT molecular complexity index is 560. The smallest absolute Gasteiger partial charge is 0.223 e. The Morgan fingerprint density at radius 3 is 2.53 bits per heavy atom.